The lowest BCUT2D eigenvalue weighted by atomic mass is 10.3. The number of rotatable bonds is 6. The summed E-state index contributed by atoms with van der Waals surface area (Å²) in [6.07, 6.45) is 0. The van der Waals surface area contributed by atoms with Gasteiger partial charge < -0.3 is 16.0 Å². The number of hydrogen-bond acceptors (Lipinski definition) is 3. The molecule has 0 atom stereocenters. The van der Waals surface area contributed by atoms with Crippen LogP contribution in [0.1, 0.15) is 0 Å². The smallest absolute Gasteiger partial charge is 0.234 e. The standard InChI is InChI=1S/C11H16BrN3O/c1-13-8-11(16)15-6-5-14-10-4-2-3-9(12)7-10/h2-4,7,13-14H,5-6,8H2,1H3,(H,15,16). The maximum atomic E-state index is 11.1. The van der Waals surface area contributed by atoms with E-state index < -0.39 is 0 Å². The van der Waals surface area contributed by atoms with E-state index in [1.54, 1.807) is 7.05 Å². The summed E-state index contributed by atoms with van der Waals surface area (Å²) >= 11 is 3.40. The summed E-state index contributed by atoms with van der Waals surface area (Å²) in [4.78, 5) is 11.1. The summed E-state index contributed by atoms with van der Waals surface area (Å²) in [5.41, 5.74) is 1.04. The molecule has 0 aliphatic rings. The molecule has 5 heteroatoms. The van der Waals surface area contributed by atoms with Crippen LogP contribution in [0.5, 0.6) is 0 Å². The Balaban J connectivity index is 2.18. The van der Waals surface area contributed by atoms with Crippen LogP contribution >= 0.6 is 15.9 Å². The minimum absolute atomic E-state index is 0.0125. The normalized spacial score (nSPS) is 9.88. The van der Waals surface area contributed by atoms with Crippen molar-refractivity contribution in [1.29, 1.82) is 0 Å². The van der Waals surface area contributed by atoms with Gasteiger partial charge in [-0.1, -0.05) is 22.0 Å². The number of likely N-dealkylation sites (N-methyl/N-ethyl adjacent to an activating group) is 1. The summed E-state index contributed by atoms with van der Waals surface area (Å²) in [7, 11) is 1.75. The molecule has 0 unspecified atom stereocenters. The van der Waals surface area contributed by atoms with Gasteiger partial charge in [0, 0.05) is 23.2 Å². The van der Waals surface area contributed by atoms with E-state index in [0.717, 1.165) is 10.2 Å². The van der Waals surface area contributed by atoms with E-state index >= 15 is 0 Å². The first-order chi connectivity index (χ1) is 7.72. The van der Waals surface area contributed by atoms with Gasteiger partial charge in [-0.05, 0) is 25.2 Å². The maximum Gasteiger partial charge on any atom is 0.234 e. The predicted octanol–water partition coefficient (Wildman–Crippen LogP) is 1.20. The second-order valence-corrected chi connectivity index (χ2v) is 4.23. The lowest BCUT2D eigenvalue weighted by Crippen LogP contribution is -2.35. The topological polar surface area (TPSA) is 53.2 Å². The first-order valence-corrected chi connectivity index (χ1v) is 5.92. The number of carbonyl (C=O) groups excluding carboxylic acids is 1. The molecule has 1 rings (SSSR count). The van der Waals surface area contributed by atoms with Crippen molar-refractivity contribution in [3.05, 3.63) is 28.7 Å². The highest BCUT2D eigenvalue weighted by Crippen LogP contribution is 2.14. The SMILES string of the molecule is CNCC(=O)NCCNc1cccc(Br)c1. The Hall–Kier alpha value is -1.07. The zero-order chi connectivity index (χ0) is 11.8. The number of halogens is 1. The monoisotopic (exact) mass is 285 g/mol. The molecule has 0 bridgehead atoms. The summed E-state index contributed by atoms with van der Waals surface area (Å²) in [6.45, 7) is 1.69. The highest BCUT2D eigenvalue weighted by molar-refractivity contribution is 9.10. The third-order valence-corrected chi connectivity index (χ3v) is 2.43. The van der Waals surface area contributed by atoms with Crippen molar-refractivity contribution in [3.8, 4) is 0 Å². The molecule has 3 N–H and O–H groups in total. The molecular weight excluding hydrogens is 270 g/mol. The van der Waals surface area contributed by atoms with Crippen LogP contribution in [-0.4, -0.2) is 32.6 Å². The van der Waals surface area contributed by atoms with Crippen molar-refractivity contribution < 1.29 is 4.79 Å². The van der Waals surface area contributed by atoms with Crippen LogP contribution < -0.4 is 16.0 Å². The average Bonchev–Trinajstić information content (AvgIpc) is 2.25. The predicted molar refractivity (Wildman–Crippen MR) is 69.6 cm³/mol. The van der Waals surface area contributed by atoms with Crippen molar-refractivity contribution in [2.24, 2.45) is 0 Å². The summed E-state index contributed by atoms with van der Waals surface area (Å²) in [5.74, 6) is 0.0125. The Morgan fingerprint density at radius 1 is 1.38 bits per heavy atom. The molecule has 0 saturated heterocycles. The first-order valence-electron chi connectivity index (χ1n) is 5.13. The third-order valence-electron chi connectivity index (χ3n) is 1.94. The molecule has 1 amide bonds. The fourth-order valence-electron chi connectivity index (χ4n) is 1.23. The molecule has 1 aromatic carbocycles. The molecule has 0 aliphatic carbocycles. The molecule has 0 saturated carbocycles. The number of hydrogen-bond donors (Lipinski definition) is 3. The van der Waals surface area contributed by atoms with Gasteiger partial charge in [0.25, 0.3) is 0 Å². The Bertz CT molecular complexity index is 344. The van der Waals surface area contributed by atoms with Gasteiger partial charge in [-0.3, -0.25) is 4.79 Å². The number of amides is 1. The van der Waals surface area contributed by atoms with Crippen LogP contribution in [0.4, 0.5) is 5.69 Å². The van der Waals surface area contributed by atoms with Gasteiger partial charge >= 0.3 is 0 Å². The van der Waals surface area contributed by atoms with Gasteiger partial charge in [0.15, 0.2) is 0 Å². The van der Waals surface area contributed by atoms with E-state index in [4.69, 9.17) is 0 Å². The summed E-state index contributed by atoms with van der Waals surface area (Å²) < 4.78 is 1.04. The second-order valence-electron chi connectivity index (χ2n) is 3.32. The minimum atomic E-state index is 0.0125. The van der Waals surface area contributed by atoms with E-state index in [-0.39, 0.29) is 5.91 Å². The zero-order valence-electron chi connectivity index (χ0n) is 9.22. The molecular formula is C11H16BrN3O. The molecule has 0 spiro atoms. The van der Waals surface area contributed by atoms with Crippen molar-refractivity contribution in [3.63, 3.8) is 0 Å². The zero-order valence-corrected chi connectivity index (χ0v) is 10.8. The summed E-state index contributed by atoms with van der Waals surface area (Å²) in [6, 6.07) is 7.92. The van der Waals surface area contributed by atoms with Crippen molar-refractivity contribution >= 4 is 27.5 Å². The van der Waals surface area contributed by atoms with Crippen molar-refractivity contribution in [2.45, 2.75) is 0 Å². The number of benzene rings is 1. The molecule has 0 heterocycles. The largest absolute Gasteiger partial charge is 0.383 e. The molecule has 1 aromatic rings. The van der Waals surface area contributed by atoms with Gasteiger partial charge in [-0.25, -0.2) is 0 Å². The fraction of sp³-hybridized carbons (Fsp3) is 0.364. The molecule has 4 nitrogen and oxygen atoms in total. The highest BCUT2D eigenvalue weighted by Gasteiger charge is 1.97. The molecule has 16 heavy (non-hydrogen) atoms. The van der Waals surface area contributed by atoms with E-state index in [0.29, 0.717) is 19.6 Å². The Kier molecular flexibility index (Phi) is 5.88. The van der Waals surface area contributed by atoms with Crippen LogP contribution in [0.3, 0.4) is 0 Å². The van der Waals surface area contributed by atoms with Gasteiger partial charge in [-0.15, -0.1) is 0 Å². The fourth-order valence-corrected chi connectivity index (χ4v) is 1.63. The van der Waals surface area contributed by atoms with E-state index in [1.807, 2.05) is 24.3 Å². The number of carbonyl (C=O) groups is 1. The second kappa shape index (κ2) is 7.24. The molecule has 0 radical (unpaired) electrons. The van der Waals surface area contributed by atoms with Crippen LogP contribution in [0.25, 0.3) is 0 Å². The quantitative estimate of drug-likeness (QED) is 0.689. The van der Waals surface area contributed by atoms with Crippen LogP contribution in [-0.2, 0) is 4.79 Å². The van der Waals surface area contributed by atoms with Crippen molar-refractivity contribution in [1.82, 2.24) is 10.6 Å². The Morgan fingerprint density at radius 2 is 2.19 bits per heavy atom. The lowest BCUT2D eigenvalue weighted by molar-refractivity contribution is -0.120. The summed E-state index contributed by atoms with van der Waals surface area (Å²) in [5, 5.41) is 8.81. The van der Waals surface area contributed by atoms with Gasteiger partial charge in [0.2, 0.25) is 5.91 Å². The molecule has 88 valence electrons. The Morgan fingerprint density at radius 3 is 2.88 bits per heavy atom. The van der Waals surface area contributed by atoms with Crippen molar-refractivity contribution in [2.75, 3.05) is 32.0 Å². The highest BCUT2D eigenvalue weighted by atomic mass is 79.9. The maximum absolute atomic E-state index is 11.1. The first kappa shape index (κ1) is 13.0. The van der Waals surface area contributed by atoms with Crippen LogP contribution in [0.2, 0.25) is 0 Å². The van der Waals surface area contributed by atoms with Crippen LogP contribution in [0.15, 0.2) is 28.7 Å². The Labute approximate surface area is 104 Å². The van der Waals surface area contributed by atoms with Gasteiger partial charge in [0.1, 0.15) is 0 Å². The van der Waals surface area contributed by atoms with E-state index in [1.165, 1.54) is 0 Å². The molecule has 0 aromatic heterocycles. The van der Waals surface area contributed by atoms with Gasteiger partial charge in [0.05, 0.1) is 6.54 Å². The molecule has 0 fully saturated rings. The average molecular weight is 286 g/mol. The van der Waals surface area contributed by atoms with E-state index in [9.17, 15) is 4.79 Å². The number of nitrogens with one attached hydrogen (secondary N) is 3. The lowest BCUT2D eigenvalue weighted by Gasteiger charge is -2.08. The van der Waals surface area contributed by atoms with E-state index in [2.05, 4.69) is 31.9 Å². The number of anilines is 1. The van der Waals surface area contributed by atoms with Gasteiger partial charge in [-0.2, -0.15) is 0 Å². The van der Waals surface area contributed by atoms with Crippen LogP contribution in [0, 0.1) is 0 Å². The molecule has 0 aliphatic heterocycles. The third kappa shape index (κ3) is 5.14. The minimum Gasteiger partial charge on any atom is -0.383 e.